The SMILES string of the molecule is C=C(C)C(O)(C(=C)C)c1ccc(CN(CCCOC)Cc2ccc(C)cc2)o1. The van der Waals surface area contributed by atoms with Gasteiger partial charge in [-0.25, -0.2) is 0 Å². The Bertz CT molecular complexity index is 774. The minimum atomic E-state index is -1.34. The average Bonchev–Trinajstić information content (AvgIpc) is 3.11. The Morgan fingerprint density at radius 2 is 1.71 bits per heavy atom. The molecule has 0 fully saturated rings. The van der Waals surface area contributed by atoms with Gasteiger partial charge >= 0.3 is 0 Å². The van der Waals surface area contributed by atoms with Gasteiger partial charge in [-0.1, -0.05) is 43.0 Å². The van der Waals surface area contributed by atoms with Crippen molar-refractivity contribution < 1.29 is 14.3 Å². The van der Waals surface area contributed by atoms with Gasteiger partial charge in [0.1, 0.15) is 11.5 Å². The minimum absolute atomic E-state index is 0.467. The fourth-order valence-corrected chi connectivity index (χ4v) is 3.26. The molecule has 0 radical (unpaired) electrons. The maximum atomic E-state index is 11.0. The molecule has 0 bridgehead atoms. The Labute approximate surface area is 169 Å². The van der Waals surface area contributed by atoms with Crippen LogP contribution in [-0.4, -0.2) is 30.3 Å². The molecule has 1 heterocycles. The molecular weight excluding hydrogens is 350 g/mol. The van der Waals surface area contributed by atoms with E-state index in [0.717, 1.165) is 31.9 Å². The lowest BCUT2D eigenvalue weighted by Crippen LogP contribution is -2.27. The van der Waals surface area contributed by atoms with E-state index in [2.05, 4.69) is 49.2 Å². The molecule has 0 saturated carbocycles. The zero-order chi connectivity index (χ0) is 20.7. The van der Waals surface area contributed by atoms with Crippen molar-refractivity contribution in [2.45, 2.75) is 45.9 Å². The zero-order valence-electron chi connectivity index (χ0n) is 17.6. The number of rotatable bonds is 11. The lowest BCUT2D eigenvalue weighted by molar-refractivity contribution is 0.0874. The third-order valence-corrected chi connectivity index (χ3v) is 4.98. The molecule has 0 amide bonds. The Morgan fingerprint density at radius 1 is 1.07 bits per heavy atom. The molecule has 0 atom stereocenters. The number of benzene rings is 1. The van der Waals surface area contributed by atoms with E-state index in [1.165, 1.54) is 11.1 Å². The molecule has 1 aromatic carbocycles. The van der Waals surface area contributed by atoms with Crippen LogP contribution in [0.4, 0.5) is 0 Å². The molecule has 2 rings (SSSR count). The van der Waals surface area contributed by atoms with E-state index in [1.807, 2.05) is 12.1 Å². The fourth-order valence-electron chi connectivity index (χ4n) is 3.26. The fraction of sp³-hybridized carbons (Fsp3) is 0.417. The zero-order valence-corrected chi connectivity index (χ0v) is 17.6. The maximum absolute atomic E-state index is 11.0. The second-order valence-electron chi connectivity index (χ2n) is 7.58. The standard InChI is InChI=1S/C24H33NO3/c1-18(2)24(26,19(3)4)23-13-12-22(28-23)17-25(14-7-15-27-6)16-21-10-8-20(5)9-11-21/h8-13,26H,1,3,7,14-17H2,2,4-6H3. The summed E-state index contributed by atoms with van der Waals surface area (Å²) in [5.74, 6) is 1.27. The van der Waals surface area contributed by atoms with Gasteiger partial charge in [0, 0.05) is 26.8 Å². The van der Waals surface area contributed by atoms with Crippen LogP contribution < -0.4 is 0 Å². The van der Waals surface area contributed by atoms with E-state index in [4.69, 9.17) is 9.15 Å². The highest BCUT2D eigenvalue weighted by molar-refractivity contribution is 5.35. The van der Waals surface area contributed by atoms with Crippen molar-refractivity contribution >= 4 is 0 Å². The van der Waals surface area contributed by atoms with Crippen molar-refractivity contribution in [2.24, 2.45) is 0 Å². The third-order valence-electron chi connectivity index (χ3n) is 4.98. The number of nitrogens with zero attached hydrogens (tertiary/aromatic N) is 1. The van der Waals surface area contributed by atoms with Gasteiger partial charge in [0.25, 0.3) is 0 Å². The molecular formula is C24H33NO3. The van der Waals surface area contributed by atoms with E-state index in [1.54, 1.807) is 21.0 Å². The highest BCUT2D eigenvalue weighted by Crippen LogP contribution is 2.36. The lowest BCUT2D eigenvalue weighted by atomic mass is 9.87. The van der Waals surface area contributed by atoms with Crippen LogP contribution in [0, 0.1) is 6.92 Å². The van der Waals surface area contributed by atoms with Crippen molar-refractivity contribution in [3.05, 3.63) is 83.3 Å². The summed E-state index contributed by atoms with van der Waals surface area (Å²) in [6, 6.07) is 12.3. The monoisotopic (exact) mass is 383 g/mol. The van der Waals surface area contributed by atoms with Crippen LogP contribution in [0.15, 0.2) is 65.1 Å². The lowest BCUT2D eigenvalue weighted by Gasteiger charge is -2.27. The van der Waals surface area contributed by atoms with Gasteiger partial charge in [-0.3, -0.25) is 4.90 Å². The molecule has 28 heavy (non-hydrogen) atoms. The maximum Gasteiger partial charge on any atom is 0.163 e. The average molecular weight is 384 g/mol. The van der Waals surface area contributed by atoms with E-state index in [0.29, 0.717) is 23.5 Å². The van der Waals surface area contributed by atoms with E-state index >= 15 is 0 Å². The van der Waals surface area contributed by atoms with Crippen molar-refractivity contribution in [3.8, 4) is 0 Å². The van der Waals surface area contributed by atoms with E-state index in [-0.39, 0.29) is 0 Å². The van der Waals surface area contributed by atoms with Gasteiger partial charge < -0.3 is 14.3 Å². The number of hydrogen-bond acceptors (Lipinski definition) is 4. The molecule has 0 aliphatic heterocycles. The van der Waals surface area contributed by atoms with E-state index in [9.17, 15) is 5.11 Å². The molecule has 0 unspecified atom stereocenters. The largest absolute Gasteiger partial charge is 0.461 e. The highest BCUT2D eigenvalue weighted by Gasteiger charge is 2.34. The first kappa shape index (κ1) is 22.2. The first-order valence-electron chi connectivity index (χ1n) is 9.67. The smallest absolute Gasteiger partial charge is 0.163 e. The minimum Gasteiger partial charge on any atom is -0.461 e. The van der Waals surface area contributed by atoms with Gasteiger partial charge in [0.05, 0.1) is 6.54 Å². The number of aliphatic hydroxyl groups is 1. The van der Waals surface area contributed by atoms with Gasteiger partial charge in [0.2, 0.25) is 0 Å². The topological polar surface area (TPSA) is 45.8 Å². The van der Waals surface area contributed by atoms with Crippen molar-refractivity contribution in [1.29, 1.82) is 0 Å². The van der Waals surface area contributed by atoms with Crippen LogP contribution in [0.25, 0.3) is 0 Å². The summed E-state index contributed by atoms with van der Waals surface area (Å²) < 4.78 is 11.2. The van der Waals surface area contributed by atoms with Crippen LogP contribution >= 0.6 is 0 Å². The van der Waals surface area contributed by atoms with Crippen LogP contribution in [0.2, 0.25) is 0 Å². The van der Waals surface area contributed by atoms with Gasteiger partial charge in [0.15, 0.2) is 5.60 Å². The molecule has 0 saturated heterocycles. The molecule has 4 nitrogen and oxygen atoms in total. The quantitative estimate of drug-likeness (QED) is 0.440. The number of furan rings is 1. The Morgan fingerprint density at radius 3 is 2.29 bits per heavy atom. The molecule has 0 aliphatic carbocycles. The summed E-state index contributed by atoms with van der Waals surface area (Å²) in [4.78, 5) is 2.33. The Kier molecular flexibility index (Phi) is 7.81. The molecule has 152 valence electrons. The van der Waals surface area contributed by atoms with Crippen LogP contribution in [0.5, 0.6) is 0 Å². The second-order valence-corrected chi connectivity index (χ2v) is 7.58. The normalized spacial score (nSPS) is 11.8. The first-order chi connectivity index (χ1) is 13.3. The van der Waals surface area contributed by atoms with Crippen LogP contribution in [-0.2, 0) is 23.4 Å². The molecule has 0 aliphatic rings. The molecule has 1 aromatic heterocycles. The van der Waals surface area contributed by atoms with Gasteiger partial charge in [-0.2, -0.15) is 0 Å². The summed E-state index contributed by atoms with van der Waals surface area (Å²) in [5, 5.41) is 11.0. The second kappa shape index (κ2) is 9.87. The Balaban J connectivity index is 2.17. The molecule has 1 N–H and O–H groups in total. The molecule has 4 heteroatoms. The number of methoxy groups -OCH3 is 1. The summed E-state index contributed by atoms with van der Waals surface area (Å²) >= 11 is 0. The van der Waals surface area contributed by atoms with Crippen molar-refractivity contribution in [3.63, 3.8) is 0 Å². The summed E-state index contributed by atoms with van der Waals surface area (Å²) in [6.45, 7) is 16.6. The third kappa shape index (κ3) is 5.44. The van der Waals surface area contributed by atoms with Crippen molar-refractivity contribution in [2.75, 3.05) is 20.3 Å². The predicted octanol–water partition coefficient (Wildman–Crippen LogP) is 4.97. The van der Waals surface area contributed by atoms with E-state index < -0.39 is 5.60 Å². The Hall–Kier alpha value is -2.14. The predicted molar refractivity (Wildman–Crippen MR) is 114 cm³/mol. The molecule has 0 spiro atoms. The van der Waals surface area contributed by atoms with Gasteiger partial charge in [-0.05, 0) is 56.0 Å². The number of aryl methyl sites for hydroxylation is 1. The molecule has 2 aromatic rings. The highest BCUT2D eigenvalue weighted by atomic mass is 16.5. The summed E-state index contributed by atoms with van der Waals surface area (Å²) in [6.07, 6.45) is 0.942. The van der Waals surface area contributed by atoms with Gasteiger partial charge in [-0.15, -0.1) is 0 Å². The van der Waals surface area contributed by atoms with Crippen LogP contribution in [0.1, 0.15) is 42.9 Å². The number of ether oxygens (including phenoxy) is 1. The summed E-state index contributed by atoms with van der Waals surface area (Å²) in [7, 11) is 1.72. The van der Waals surface area contributed by atoms with Crippen LogP contribution in [0.3, 0.4) is 0 Å². The van der Waals surface area contributed by atoms with Crippen molar-refractivity contribution in [1.82, 2.24) is 4.90 Å². The summed E-state index contributed by atoms with van der Waals surface area (Å²) in [5.41, 5.74) is 2.37. The number of hydrogen-bond donors (Lipinski definition) is 1. The first-order valence-corrected chi connectivity index (χ1v) is 9.67.